The zero-order valence-corrected chi connectivity index (χ0v) is 12.2. The normalized spacial score (nSPS) is 11.1. The van der Waals surface area contributed by atoms with Gasteiger partial charge in [0.1, 0.15) is 0 Å². The molecule has 2 aromatic rings. The van der Waals surface area contributed by atoms with Gasteiger partial charge in [0.15, 0.2) is 6.29 Å². The highest BCUT2D eigenvalue weighted by Crippen LogP contribution is 2.25. The summed E-state index contributed by atoms with van der Waals surface area (Å²) in [5.41, 5.74) is 1.23. The van der Waals surface area contributed by atoms with Crippen LogP contribution in [-0.2, 0) is 10.0 Å². The molecule has 0 unspecified atom stereocenters. The fourth-order valence-corrected chi connectivity index (χ4v) is 2.97. The van der Waals surface area contributed by atoms with Crippen molar-refractivity contribution >= 4 is 33.6 Å². The lowest BCUT2D eigenvalue weighted by Gasteiger charge is -2.11. The van der Waals surface area contributed by atoms with Crippen LogP contribution in [0.15, 0.2) is 47.4 Å². The lowest BCUT2D eigenvalue weighted by Crippen LogP contribution is -2.14. The molecule has 0 aliphatic carbocycles. The monoisotopic (exact) mass is 309 g/mol. The number of rotatable bonds is 4. The van der Waals surface area contributed by atoms with E-state index in [1.165, 1.54) is 24.3 Å². The van der Waals surface area contributed by atoms with Crippen LogP contribution in [0.2, 0.25) is 5.02 Å². The fourth-order valence-electron chi connectivity index (χ4n) is 1.67. The van der Waals surface area contributed by atoms with Crippen LogP contribution in [0.25, 0.3) is 0 Å². The minimum atomic E-state index is -3.75. The first kappa shape index (κ1) is 14.6. The minimum Gasteiger partial charge on any atom is -0.298 e. The Hall–Kier alpha value is -1.85. The van der Waals surface area contributed by atoms with Gasteiger partial charge in [-0.1, -0.05) is 35.4 Å². The smallest absolute Gasteiger partial charge is 0.261 e. The van der Waals surface area contributed by atoms with Crippen LogP contribution in [0.4, 0.5) is 5.69 Å². The molecule has 104 valence electrons. The molecule has 20 heavy (non-hydrogen) atoms. The molecule has 6 heteroatoms. The van der Waals surface area contributed by atoms with E-state index >= 15 is 0 Å². The van der Waals surface area contributed by atoms with Gasteiger partial charge in [0.05, 0.1) is 21.2 Å². The summed E-state index contributed by atoms with van der Waals surface area (Å²) in [6.45, 7) is 1.87. The quantitative estimate of drug-likeness (QED) is 0.882. The van der Waals surface area contributed by atoms with Gasteiger partial charge < -0.3 is 0 Å². The number of aryl methyl sites for hydroxylation is 1. The number of nitrogens with one attached hydrogen (secondary N) is 1. The highest BCUT2D eigenvalue weighted by molar-refractivity contribution is 7.92. The first-order chi connectivity index (χ1) is 9.44. The Kier molecular flexibility index (Phi) is 4.11. The van der Waals surface area contributed by atoms with Crippen molar-refractivity contribution in [3.8, 4) is 0 Å². The standard InChI is InChI=1S/C14H12ClNO3S/c1-10-5-7-11(8-6-10)20(18,19)16-14-4-2-3-13(15)12(14)9-17/h2-9,16H,1H3. The third-order valence-electron chi connectivity index (χ3n) is 2.75. The molecule has 4 nitrogen and oxygen atoms in total. The van der Waals surface area contributed by atoms with Crippen molar-refractivity contribution in [2.75, 3.05) is 4.72 Å². The van der Waals surface area contributed by atoms with E-state index in [9.17, 15) is 13.2 Å². The van der Waals surface area contributed by atoms with E-state index in [0.717, 1.165) is 5.56 Å². The van der Waals surface area contributed by atoms with Gasteiger partial charge >= 0.3 is 0 Å². The molecular formula is C14H12ClNO3S. The van der Waals surface area contributed by atoms with Crippen molar-refractivity contribution in [3.05, 3.63) is 58.6 Å². The van der Waals surface area contributed by atoms with E-state index in [2.05, 4.69) is 4.72 Å². The Morgan fingerprint density at radius 2 is 1.75 bits per heavy atom. The summed E-state index contributed by atoms with van der Waals surface area (Å²) in [4.78, 5) is 11.1. The lowest BCUT2D eigenvalue weighted by atomic mass is 10.2. The van der Waals surface area contributed by atoms with Crippen LogP contribution < -0.4 is 4.72 Å². The van der Waals surface area contributed by atoms with Crippen molar-refractivity contribution < 1.29 is 13.2 Å². The molecule has 2 rings (SSSR count). The van der Waals surface area contributed by atoms with Gasteiger partial charge in [0.25, 0.3) is 10.0 Å². The van der Waals surface area contributed by atoms with Crippen LogP contribution in [0.5, 0.6) is 0 Å². The zero-order chi connectivity index (χ0) is 14.8. The molecule has 1 N–H and O–H groups in total. The van der Waals surface area contributed by atoms with Crippen LogP contribution >= 0.6 is 11.6 Å². The first-order valence-electron chi connectivity index (χ1n) is 5.77. The molecule has 0 radical (unpaired) electrons. The summed E-state index contributed by atoms with van der Waals surface area (Å²) in [5.74, 6) is 0. The summed E-state index contributed by atoms with van der Waals surface area (Å²) >= 11 is 5.86. The number of carbonyl (C=O) groups excluding carboxylic acids is 1. The molecule has 0 bridgehead atoms. The molecule has 0 aromatic heterocycles. The predicted octanol–water partition coefficient (Wildman–Crippen LogP) is 3.26. The second-order valence-corrected chi connectivity index (χ2v) is 6.33. The number of benzene rings is 2. The number of carbonyl (C=O) groups is 1. The lowest BCUT2D eigenvalue weighted by molar-refractivity contribution is 0.112. The van der Waals surface area contributed by atoms with Crippen LogP contribution in [0, 0.1) is 6.92 Å². The van der Waals surface area contributed by atoms with Crippen LogP contribution in [0.1, 0.15) is 15.9 Å². The highest BCUT2D eigenvalue weighted by atomic mass is 35.5. The molecule has 0 fully saturated rings. The Morgan fingerprint density at radius 1 is 1.10 bits per heavy atom. The minimum absolute atomic E-state index is 0.116. The summed E-state index contributed by atoms with van der Waals surface area (Å²) in [7, 11) is -3.75. The average molecular weight is 310 g/mol. The Labute approximate surface area is 122 Å². The van der Waals surface area contributed by atoms with Gasteiger partial charge in [0.2, 0.25) is 0 Å². The van der Waals surface area contributed by atoms with Gasteiger partial charge in [-0.15, -0.1) is 0 Å². The summed E-state index contributed by atoms with van der Waals surface area (Å²) < 4.78 is 26.8. The summed E-state index contributed by atoms with van der Waals surface area (Å²) in [5, 5.41) is 0.198. The van der Waals surface area contributed by atoms with E-state index in [1.807, 2.05) is 6.92 Å². The van der Waals surface area contributed by atoms with Gasteiger partial charge in [0, 0.05) is 0 Å². The SMILES string of the molecule is Cc1ccc(S(=O)(=O)Nc2cccc(Cl)c2C=O)cc1. The number of hydrogen-bond donors (Lipinski definition) is 1. The van der Waals surface area contributed by atoms with Crippen LogP contribution in [0.3, 0.4) is 0 Å². The molecule has 0 atom stereocenters. The van der Waals surface area contributed by atoms with Gasteiger partial charge in [-0.05, 0) is 31.2 Å². The van der Waals surface area contributed by atoms with Crippen molar-refractivity contribution in [3.63, 3.8) is 0 Å². The third kappa shape index (κ3) is 3.00. The van der Waals surface area contributed by atoms with E-state index in [-0.39, 0.29) is 21.2 Å². The Bertz CT molecular complexity index is 740. The number of sulfonamides is 1. The van der Waals surface area contributed by atoms with E-state index in [4.69, 9.17) is 11.6 Å². The first-order valence-corrected chi connectivity index (χ1v) is 7.63. The van der Waals surface area contributed by atoms with E-state index < -0.39 is 10.0 Å². The number of hydrogen-bond acceptors (Lipinski definition) is 3. The van der Waals surface area contributed by atoms with Gasteiger partial charge in [-0.3, -0.25) is 9.52 Å². The third-order valence-corrected chi connectivity index (χ3v) is 4.46. The number of aldehydes is 1. The molecule has 0 spiro atoms. The topological polar surface area (TPSA) is 63.2 Å². The molecule has 0 aliphatic heterocycles. The maximum absolute atomic E-state index is 12.2. The van der Waals surface area contributed by atoms with E-state index in [0.29, 0.717) is 6.29 Å². The Balaban J connectivity index is 2.41. The fraction of sp³-hybridized carbons (Fsp3) is 0.0714. The number of anilines is 1. The van der Waals surface area contributed by atoms with Gasteiger partial charge in [-0.2, -0.15) is 0 Å². The molecule has 0 saturated heterocycles. The molecule has 0 aliphatic rings. The summed E-state index contributed by atoms with van der Waals surface area (Å²) in [6, 6.07) is 11.0. The molecule has 0 heterocycles. The number of halogens is 1. The predicted molar refractivity (Wildman–Crippen MR) is 78.8 cm³/mol. The van der Waals surface area contributed by atoms with E-state index in [1.54, 1.807) is 18.2 Å². The van der Waals surface area contributed by atoms with Crippen LogP contribution in [-0.4, -0.2) is 14.7 Å². The average Bonchev–Trinajstić information content (AvgIpc) is 2.39. The summed E-state index contributed by atoms with van der Waals surface area (Å²) in [6.07, 6.45) is 0.523. The second kappa shape index (κ2) is 5.64. The molecule has 0 saturated carbocycles. The van der Waals surface area contributed by atoms with Crippen molar-refractivity contribution in [1.29, 1.82) is 0 Å². The largest absolute Gasteiger partial charge is 0.298 e. The maximum atomic E-state index is 12.2. The Morgan fingerprint density at radius 3 is 2.35 bits per heavy atom. The van der Waals surface area contributed by atoms with Crippen molar-refractivity contribution in [2.24, 2.45) is 0 Å². The molecule has 2 aromatic carbocycles. The van der Waals surface area contributed by atoms with Gasteiger partial charge in [-0.25, -0.2) is 8.42 Å². The second-order valence-electron chi connectivity index (χ2n) is 4.24. The highest BCUT2D eigenvalue weighted by Gasteiger charge is 2.16. The zero-order valence-electron chi connectivity index (χ0n) is 10.6. The van der Waals surface area contributed by atoms with Crippen molar-refractivity contribution in [2.45, 2.75) is 11.8 Å². The molecular weight excluding hydrogens is 298 g/mol. The molecule has 0 amide bonds. The van der Waals surface area contributed by atoms with Crippen molar-refractivity contribution in [1.82, 2.24) is 0 Å². The maximum Gasteiger partial charge on any atom is 0.261 e.